The van der Waals surface area contributed by atoms with Crippen LogP contribution in [0.25, 0.3) is 10.9 Å². The van der Waals surface area contributed by atoms with E-state index in [0.29, 0.717) is 18.6 Å². The zero-order valence-corrected chi connectivity index (χ0v) is 20.9. The van der Waals surface area contributed by atoms with Crippen molar-refractivity contribution in [2.24, 2.45) is 13.0 Å². The third-order valence-electron chi connectivity index (χ3n) is 7.49. The fourth-order valence-electron chi connectivity index (χ4n) is 5.56. The SMILES string of the molecule is Cn1ncc2ccc(C3CCC(OC[C@@H]4CN(c5ccccn5)CC[C@@H]4NS(C)=O)CC3)cc21. The van der Waals surface area contributed by atoms with Gasteiger partial charge in [-0.15, -0.1) is 0 Å². The van der Waals surface area contributed by atoms with Crippen LogP contribution in [0.2, 0.25) is 0 Å². The van der Waals surface area contributed by atoms with Crippen LogP contribution in [-0.4, -0.2) is 57.1 Å². The van der Waals surface area contributed by atoms with Crippen molar-refractivity contribution in [1.82, 2.24) is 19.5 Å². The van der Waals surface area contributed by atoms with Gasteiger partial charge in [0.1, 0.15) is 5.82 Å². The van der Waals surface area contributed by atoms with Crippen molar-refractivity contribution in [1.29, 1.82) is 0 Å². The molecule has 5 rings (SSSR count). The zero-order valence-electron chi connectivity index (χ0n) is 20.1. The maximum atomic E-state index is 11.9. The minimum Gasteiger partial charge on any atom is -0.378 e. The minimum absolute atomic E-state index is 0.202. The van der Waals surface area contributed by atoms with Gasteiger partial charge in [-0.2, -0.15) is 5.10 Å². The van der Waals surface area contributed by atoms with Gasteiger partial charge >= 0.3 is 0 Å². The topological polar surface area (TPSA) is 72.3 Å². The van der Waals surface area contributed by atoms with Crippen LogP contribution in [-0.2, 0) is 22.8 Å². The number of aryl methyl sites for hydroxylation is 1. The Bertz CT molecular complexity index is 1110. The van der Waals surface area contributed by atoms with Crippen molar-refractivity contribution in [3.63, 3.8) is 0 Å². The standard InChI is InChI=1S/C26H35N5O2S/c1-30-25-15-20(6-7-21(25)16-28-30)19-8-10-23(11-9-19)33-18-22-17-31(26-5-3-4-13-27-26)14-12-24(22)29-34(2)32/h3-7,13,15-16,19,22-24,29H,8-12,14,17-18H2,1-2H3/t19?,22-,23?,24-,34?/m0/s1. The molecule has 34 heavy (non-hydrogen) atoms. The largest absolute Gasteiger partial charge is 0.378 e. The van der Waals surface area contributed by atoms with E-state index in [9.17, 15) is 4.21 Å². The fraction of sp³-hybridized carbons (Fsp3) is 0.538. The molecule has 3 aromatic rings. The van der Waals surface area contributed by atoms with Crippen LogP contribution in [0.1, 0.15) is 43.6 Å². The third-order valence-corrected chi connectivity index (χ3v) is 8.12. The van der Waals surface area contributed by atoms with E-state index in [4.69, 9.17) is 4.74 Å². The molecule has 0 spiro atoms. The second-order valence-corrected chi connectivity index (χ2v) is 10.9. The van der Waals surface area contributed by atoms with Gasteiger partial charge in [-0.1, -0.05) is 18.2 Å². The lowest BCUT2D eigenvalue weighted by molar-refractivity contribution is -0.00205. The Hall–Kier alpha value is -2.29. The van der Waals surface area contributed by atoms with Crippen molar-refractivity contribution in [2.45, 2.75) is 50.2 Å². The average molecular weight is 482 g/mol. The molecule has 1 N–H and O–H groups in total. The Morgan fingerprint density at radius 2 is 2.00 bits per heavy atom. The quantitative estimate of drug-likeness (QED) is 0.556. The Labute approximate surface area is 204 Å². The molecule has 7 nitrogen and oxygen atoms in total. The Kier molecular flexibility index (Phi) is 7.27. The normalized spacial score (nSPS) is 26.6. The van der Waals surface area contributed by atoms with Crippen molar-refractivity contribution in [2.75, 3.05) is 30.9 Å². The molecule has 1 unspecified atom stereocenters. The molecule has 1 aliphatic carbocycles. The summed E-state index contributed by atoms with van der Waals surface area (Å²) in [6, 6.07) is 13.0. The Balaban J connectivity index is 1.17. The molecular formula is C26H35N5O2S. The van der Waals surface area contributed by atoms with E-state index in [1.165, 1.54) is 16.5 Å². The van der Waals surface area contributed by atoms with E-state index in [1.807, 2.05) is 36.3 Å². The van der Waals surface area contributed by atoms with Gasteiger partial charge in [-0.05, 0) is 61.8 Å². The number of hydrogen-bond acceptors (Lipinski definition) is 5. The maximum Gasteiger partial charge on any atom is 0.128 e. The zero-order chi connectivity index (χ0) is 23.5. The number of pyridine rings is 1. The molecule has 182 valence electrons. The van der Waals surface area contributed by atoms with Gasteiger partial charge in [-0.3, -0.25) is 4.68 Å². The molecule has 3 atom stereocenters. The van der Waals surface area contributed by atoms with Gasteiger partial charge in [0.05, 0.1) is 35.4 Å². The lowest BCUT2D eigenvalue weighted by Crippen LogP contribution is -2.51. The van der Waals surface area contributed by atoms with E-state index < -0.39 is 11.0 Å². The first kappa shape index (κ1) is 23.5. The second kappa shape index (κ2) is 10.5. The molecule has 0 bridgehead atoms. The van der Waals surface area contributed by atoms with E-state index in [2.05, 4.69) is 44.0 Å². The summed E-state index contributed by atoms with van der Waals surface area (Å²) in [5.74, 6) is 1.88. The fourth-order valence-corrected chi connectivity index (χ4v) is 6.29. The summed E-state index contributed by atoms with van der Waals surface area (Å²) in [6.07, 6.45) is 11.2. The summed E-state index contributed by atoms with van der Waals surface area (Å²) >= 11 is 0. The number of benzene rings is 1. The highest BCUT2D eigenvalue weighted by Crippen LogP contribution is 2.35. The summed E-state index contributed by atoms with van der Waals surface area (Å²) in [6.45, 7) is 2.47. The number of aromatic nitrogens is 3. The van der Waals surface area contributed by atoms with E-state index in [0.717, 1.165) is 51.0 Å². The van der Waals surface area contributed by atoms with Crippen LogP contribution in [0.5, 0.6) is 0 Å². The molecule has 3 heterocycles. The molecule has 1 aromatic carbocycles. The average Bonchev–Trinajstić information content (AvgIpc) is 3.24. The molecule has 1 saturated carbocycles. The number of piperidine rings is 1. The summed E-state index contributed by atoms with van der Waals surface area (Å²) < 4.78 is 23.6. The molecular weight excluding hydrogens is 446 g/mol. The summed E-state index contributed by atoms with van der Waals surface area (Å²) in [4.78, 5) is 6.86. The number of anilines is 1. The van der Waals surface area contributed by atoms with Crippen LogP contribution in [0.15, 0.2) is 48.8 Å². The molecule has 2 aliphatic rings. The lowest BCUT2D eigenvalue weighted by atomic mass is 9.82. The van der Waals surface area contributed by atoms with Crippen LogP contribution in [0.3, 0.4) is 0 Å². The van der Waals surface area contributed by atoms with Crippen molar-refractivity contribution >= 4 is 27.7 Å². The lowest BCUT2D eigenvalue weighted by Gasteiger charge is -2.40. The Morgan fingerprint density at radius 1 is 1.15 bits per heavy atom. The highest BCUT2D eigenvalue weighted by Gasteiger charge is 2.32. The molecule has 8 heteroatoms. The van der Waals surface area contributed by atoms with E-state index in [1.54, 1.807) is 6.26 Å². The van der Waals surface area contributed by atoms with E-state index >= 15 is 0 Å². The van der Waals surface area contributed by atoms with Gasteiger partial charge < -0.3 is 9.64 Å². The summed E-state index contributed by atoms with van der Waals surface area (Å²) in [7, 11) is 0.979. The molecule has 0 amide bonds. The molecule has 2 fully saturated rings. The Morgan fingerprint density at radius 3 is 2.76 bits per heavy atom. The predicted octanol–water partition coefficient (Wildman–Crippen LogP) is 3.79. The highest BCUT2D eigenvalue weighted by molar-refractivity contribution is 7.82. The first-order valence-corrected chi connectivity index (χ1v) is 13.9. The number of hydrogen-bond donors (Lipinski definition) is 1. The van der Waals surface area contributed by atoms with Gasteiger partial charge in [0.15, 0.2) is 0 Å². The van der Waals surface area contributed by atoms with Crippen molar-refractivity contribution in [3.8, 4) is 0 Å². The van der Waals surface area contributed by atoms with Crippen LogP contribution in [0, 0.1) is 5.92 Å². The van der Waals surface area contributed by atoms with Crippen LogP contribution in [0.4, 0.5) is 5.82 Å². The second-order valence-electron chi connectivity index (χ2n) is 9.75. The molecule has 1 aliphatic heterocycles. The predicted molar refractivity (Wildman–Crippen MR) is 137 cm³/mol. The number of rotatable bonds is 7. The van der Waals surface area contributed by atoms with Gasteiger partial charge in [0.2, 0.25) is 0 Å². The van der Waals surface area contributed by atoms with Gasteiger partial charge in [0, 0.05) is 49.9 Å². The van der Waals surface area contributed by atoms with Crippen LogP contribution >= 0.6 is 0 Å². The number of nitrogens with zero attached hydrogens (tertiary/aromatic N) is 4. The number of nitrogens with one attached hydrogen (secondary N) is 1. The maximum absolute atomic E-state index is 11.9. The highest BCUT2D eigenvalue weighted by atomic mass is 32.2. The summed E-state index contributed by atoms with van der Waals surface area (Å²) in [5, 5.41) is 5.58. The molecule has 2 aromatic heterocycles. The molecule has 1 saturated heterocycles. The monoisotopic (exact) mass is 481 g/mol. The van der Waals surface area contributed by atoms with Crippen LogP contribution < -0.4 is 9.62 Å². The number of ether oxygens (including phenoxy) is 1. The summed E-state index contributed by atoms with van der Waals surface area (Å²) in [5.41, 5.74) is 2.63. The first-order chi connectivity index (χ1) is 16.6. The van der Waals surface area contributed by atoms with E-state index in [-0.39, 0.29) is 12.0 Å². The molecule has 0 radical (unpaired) electrons. The third kappa shape index (κ3) is 5.34. The van der Waals surface area contributed by atoms with Gasteiger partial charge in [-0.25, -0.2) is 13.9 Å². The first-order valence-electron chi connectivity index (χ1n) is 12.4. The van der Waals surface area contributed by atoms with Crippen molar-refractivity contribution < 1.29 is 8.95 Å². The van der Waals surface area contributed by atoms with Crippen molar-refractivity contribution in [3.05, 3.63) is 54.4 Å². The minimum atomic E-state index is -1.03. The van der Waals surface area contributed by atoms with Gasteiger partial charge in [0.25, 0.3) is 0 Å². The number of fused-ring (bicyclic) bond motifs is 1. The smallest absolute Gasteiger partial charge is 0.128 e.